The second-order valence-corrected chi connectivity index (χ2v) is 7.81. The van der Waals surface area contributed by atoms with Crippen LogP contribution in [0.2, 0.25) is 0 Å². The lowest BCUT2D eigenvalue weighted by atomic mass is 9.99. The maximum absolute atomic E-state index is 14.7. The highest BCUT2D eigenvalue weighted by Crippen LogP contribution is 2.28. The zero-order valence-electron chi connectivity index (χ0n) is 17.8. The van der Waals surface area contributed by atoms with Gasteiger partial charge >= 0.3 is 0 Å². The van der Waals surface area contributed by atoms with E-state index in [1.165, 1.54) is 18.2 Å². The van der Waals surface area contributed by atoms with Crippen molar-refractivity contribution >= 4 is 10.8 Å². The molecule has 0 aliphatic rings. The zero-order valence-corrected chi connectivity index (χ0v) is 17.8. The SMILES string of the molecule is CCCCc1ccc(-c2cc(F)c(C#Cc3ccc4cc(F)c(F)cc4c3)c(F)c2)c(F)c1. The van der Waals surface area contributed by atoms with Gasteiger partial charge in [-0.1, -0.05) is 43.4 Å². The fourth-order valence-electron chi connectivity index (χ4n) is 3.63. The van der Waals surface area contributed by atoms with Crippen LogP contribution in [-0.4, -0.2) is 0 Å². The third kappa shape index (κ3) is 4.90. The van der Waals surface area contributed by atoms with Crippen molar-refractivity contribution in [2.75, 3.05) is 0 Å². The Labute approximate surface area is 188 Å². The molecule has 0 radical (unpaired) electrons. The first-order valence-electron chi connectivity index (χ1n) is 10.5. The fourth-order valence-corrected chi connectivity index (χ4v) is 3.63. The molecule has 0 aliphatic carbocycles. The van der Waals surface area contributed by atoms with Crippen molar-refractivity contribution in [2.45, 2.75) is 26.2 Å². The van der Waals surface area contributed by atoms with Crippen LogP contribution in [0.4, 0.5) is 22.0 Å². The number of fused-ring (bicyclic) bond motifs is 1. The van der Waals surface area contributed by atoms with E-state index in [0.717, 1.165) is 49.1 Å². The van der Waals surface area contributed by atoms with Crippen LogP contribution in [0.5, 0.6) is 0 Å². The van der Waals surface area contributed by atoms with Crippen molar-refractivity contribution in [3.05, 3.63) is 106 Å². The first-order valence-corrected chi connectivity index (χ1v) is 10.5. The molecule has 0 N–H and O–H groups in total. The summed E-state index contributed by atoms with van der Waals surface area (Å²) in [5, 5.41) is 0.888. The summed E-state index contributed by atoms with van der Waals surface area (Å²) < 4.78 is 70.7. The summed E-state index contributed by atoms with van der Waals surface area (Å²) in [6.07, 6.45) is 2.65. The van der Waals surface area contributed by atoms with Crippen molar-refractivity contribution in [3.63, 3.8) is 0 Å². The fraction of sp³-hybridized carbons (Fsp3) is 0.143. The minimum atomic E-state index is -0.995. The van der Waals surface area contributed by atoms with E-state index in [4.69, 9.17) is 0 Å². The molecule has 0 fully saturated rings. The van der Waals surface area contributed by atoms with Crippen LogP contribution in [0.25, 0.3) is 21.9 Å². The molecule has 0 heterocycles. The van der Waals surface area contributed by atoms with Gasteiger partial charge in [-0.05, 0) is 77.2 Å². The largest absolute Gasteiger partial charge is 0.206 e. The summed E-state index contributed by atoms with van der Waals surface area (Å²) in [6.45, 7) is 2.04. The van der Waals surface area contributed by atoms with Gasteiger partial charge < -0.3 is 0 Å². The van der Waals surface area contributed by atoms with Gasteiger partial charge in [-0.3, -0.25) is 0 Å². The predicted octanol–water partition coefficient (Wildman–Crippen LogP) is 7.94. The molecule has 0 bridgehead atoms. The van der Waals surface area contributed by atoms with Gasteiger partial charge in [0.2, 0.25) is 0 Å². The summed E-state index contributed by atoms with van der Waals surface area (Å²) in [5.74, 6) is 0.771. The number of hydrogen-bond acceptors (Lipinski definition) is 0. The molecule has 33 heavy (non-hydrogen) atoms. The molecular formula is C28H19F5. The molecule has 4 aromatic carbocycles. The Morgan fingerprint density at radius 2 is 1.33 bits per heavy atom. The second kappa shape index (κ2) is 9.46. The average Bonchev–Trinajstić information content (AvgIpc) is 2.78. The first-order chi connectivity index (χ1) is 15.9. The molecule has 4 rings (SSSR count). The molecule has 0 spiro atoms. The van der Waals surface area contributed by atoms with Crippen LogP contribution < -0.4 is 0 Å². The predicted molar refractivity (Wildman–Crippen MR) is 120 cm³/mol. The molecule has 0 aromatic heterocycles. The summed E-state index contributed by atoms with van der Waals surface area (Å²) in [6, 6.07) is 13.5. The lowest BCUT2D eigenvalue weighted by Crippen LogP contribution is -1.95. The van der Waals surface area contributed by atoms with Crippen LogP contribution in [0.1, 0.15) is 36.5 Å². The zero-order chi connectivity index (χ0) is 23.5. The molecule has 0 nitrogen and oxygen atoms in total. The average molecular weight is 450 g/mol. The molecule has 166 valence electrons. The third-order valence-electron chi connectivity index (χ3n) is 5.42. The van der Waals surface area contributed by atoms with Crippen LogP contribution in [0.3, 0.4) is 0 Å². The van der Waals surface area contributed by atoms with E-state index in [-0.39, 0.29) is 11.1 Å². The molecular weight excluding hydrogens is 431 g/mol. The van der Waals surface area contributed by atoms with Gasteiger partial charge in [0, 0.05) is 11.1 Å². The molecule has 0 saturated carbocycles. The van der Waals surface area contributed by atoms with E-state index in [1.54, 1.807) is 18.2 Å². The van der Waals surface area contributed by atoms with Gasteiger partial charge in [0.25, 0.3) is 0 Å². The van der Waals surface area contributed by atoms with Crippen molar-refractivity contribution in [3.8, 4) is 23.0 Å². The lowest BCUT2D eigenvalue weighted by molar-refractivity contribution is 0.511. The van der Waals surface area contributed by atoms with Gasteiger partial charge in [0.05, 0.1) is 5.56 Å². The minimum Gasteiger partial charge on any atom is -0.206 e. The van der Waals surface area contributed by atoms with E-state index in [2.05, 4.69) is 11.8 Å². The van der Waals surface area contributed by atoms with E-state index < -0.39 is 34.6 Å². The highest BCUT2D eigenvalue weighted by molar-refractivity contribution is 5.84. The molecule has 0 amide bonds. The van der Waals surface area contributed by atoms with E-state index in [0.29, 0.717) is 16.3 Å². The minimum absolute atomic E-state index is 0.0818. The lowest BCUT2D eigenvalue weighted by Gasteiger charge is -2.08. The quantitative estimate of drug-likeness (QED) is 0.219. The van der Waals surface area contributed by atoms with Gasteiger partial charge in [-0.15, -0.1) is 0 Å². The Morgan fingerprint density at radius 3 is 2.00 bits per heavy atom. The molecule has 0 unspecified atom stereocenters. The van der Waals surface area contributed by atoms with E-state index in [1.807, 2.05) is 6.92 Å². The van der Waals surface area contributed by atoms with Gasteiger partial charge in [-0.25, -0.2) is 22.0 Å². The number of halogens is 5. The van der Waals surface area contributed by atoms with Crippen molar-refractivity contribution in [2.24, 2.45) is 0 Å². The Kier molecular flexibility index (Phi) is 6.46. The Bertz CT molecular complexity index is 1390. The van der Waals surface area contributed by atoms with Crippen LogP contribution in [0.15, 0.2) is 60.7 Å². The van der Waals surface area contributed by atoms with Crippen molar-refractivity contribution < 1.29 is 22.0 Å². The number of unbranched alkanes of at least 4 members (excludes halogenated alkanes) is 1. The highest BCUT2D eigenvalue weighted by atomic mass is 19.2. The Balaban J connectivity index is 1.65. The van der Waals surface area contributed by atoms with Crippen molar-refractivity contribution in [1.82, 2.24) is 0 Å². The standard InChI is InChI=1S/C28H19F5/c1-2-3-4-17-6-9-22(24(29)12-17)21-15-25(30)23(26(31)16-21)10-7-18-5-8-19-13-27(32)28(33)14-20(19)11-18/h5-6,8-9,11-16H,2-4H2,1H3. The third-order valence-corrected chi connectivity index (χ3v) is 5.42. The molecule has 0 saturated heterocycles. The Morgan fingerprint density at radius 1 is 0.636 bits per heavy atom. The number of hydrogen-bond donors (Lipinski definition) is 0. The summed E-state index contributed by atoms with van der Waals surface area (Å²) in [5.41, 5.74) is 0.948. The highest BCUT2D eigenvalue weighted by Gasteiger charge is 2.14. The van der Waals surface area contributed by atoms with Gasteiger partial charge in [0.15, 0.2) is 11.6 Å². The maximum atomic E-state index is 14.7. The smallest absolute Gasteiger partial charge is 0.159 e. The van der Waals surface area contributed by atoms with Crippen LogP contribution in [0, 0.1) is 40.9 Å². The van der Waals surface area contributed by atoms with E-state index in [9.17, 15) is 22.0 Å². The second-order valence-electron chi connectivity index (χ2n) is 7.81. The number of aryl methyl sites for hydroxylation is 1. The summed E-state index contributed by atoms with van der Waals surface area (Å²) >= 11 is 0. The molecule has 5 heteroatoms. The van der Waals surface area contributed by atoms with Gasteiger partial charge in [0.1, 0.15) is 17.5 Å². The topological polar surface area (TPSA) is 0 Å². The molecule has 4 aromatic rings. The molecule has 0 atom stereocenters. The summed E-state index contributed by atoms with van der Waals surface area (Å²) in [4.78, 5) is 0. The van der Waals surface area contributed by atoms with Gasteiger partial charge in [-0.2, -0.15) is 0 Å². The van der Waals surface area contributed by atoms with Crippen molar-refractivity contribution in [1.29, 1.82) is 0 Å². The number of benzene rings is 4. The van der Waals surface area contributed by atoms with Crippen LogP contribution in [-0.2, 0) is 6.42 Å². The van der Waals surface area contributed by atoms with E-state index >= 15 is 0 Å². The maximum Gasteiger partial charge on any atom is 0.159 e. The molecule has 0 aliphatic heterocycles. The summed E-state index contributed by atoms with van der Waals surface area (Å²) in [7, 11) is 0. The number of rotatable bonds is 4. The monoisotopic (exact) mass is 450 g/mol. The first kappa shape index (κ1) is 22.5. The van der Waals surface area contributed by atoms with Crippen LogP contribution >= 0.6 is 0 Å². The Hall–Kier alpha value is -3.65. The normalized spacial score (nSPS) is 10.8.